The minimum absolute atomic E-state index is 0.642. The average Bonchev–Trinajstić information content (AvgIpc) is 2.19. The highest BCUT2D eigenvalue weighted by molar-refractivity contribution is 4.90. The number of nitrogens with one attached hydrogen (secondary N) is 1. The Labute approximate surface area is 107 Å². The number of likely N-dealkylation sites (tertiary alicyclic amines) is 1. The fourth-order valence-electron chi connectivity index (χ4n) is 3.26. The monoisotopic (exact) mass is 238 g/mol. The summed E-state index contributed by atoms with van der Waals surface area (Å²) in [5, 5.41) is 3.62. The second kappa shape index (κ2) is 6.75. The molecule has 1 heterocycles. The molecular formula is C15H30N2. The van der Waals surface area contributed by atoms with Gasteiger partial charge in [-0.2, -0.15) is 0 Å². The minimum atomic E-state index is 0.642. The molecule has 0 aromatic heterocycles. The van der Waals surface area contributed by atoms with Gasteiger partial charge in [0.05, 0.1) is 0 Å². The number of nitrogens with zero attached hydrogens (tertiary/aromatic N) is 1. The molecule has 2 fully saturated rings. The topological polar surface area (TPSA) is 15.3 Å². The van der Waals surface area contributed by atoms with E-state index in [9.17, 15) is 0 Å². The van der Waals surface area contributed by atoms with Gasteiger partial charge < -0.3 is 10.2 Å². The van der Waals surface area contributed by atoms with Gasteiger partial charge in [0.1, 0.15) is 0 Å². The third kappa shape index (κ3) is 3.96. The largest absolute Gasteiger partial charge is 0.314 e. The first kappa shape index (κ1) is 13.4. The lowest BCUT2D eigenvalue weighted by molar-refractivity contribution is 0.0543. The molecule has 100 valence electrons. The molecule has 1 aliphatic carbocycles. The molecule has 17 heavy (non-hydrogen) atoms. The van der Waals surface area contributed by atoms with E-state index < -0.39 is 0 Å². The van der Waals surface area contributed by atoms with E-state index in [1.165, 1.54) is 64.6 Å². The van der Waals surface area contributed by atoms with Crippen LogP contribution < -0.4 is 5.32 Å². The second-order valence-corrected chi connectivity index (χ2v) is 6.27. The highest BCUT2D eigenvalue weighted by Gasteiger charge is 2.34. The van der Waals surface area contributed by atoms with E-state index in [1.807, 2.05) is 0 Å². The molecule has 0 spiro atoms. The Morgan fingerprint density at radius 3 is 2.18 bits per heavy atom. The summed E-state index contributed by atoms with van der Waals surface area (Å²) in [6.45, 7) is 8.47. The normalized spacial score (nSPS) is 31.9. The maximum atomic E-state index is 3.62. The molecule has 1 aliphatic heterocycles. The maximum Gasteiger partial charge on any atom is 0.0136 e. The summed E-state index contributed by atoms with van der Waals surface area (Å²) >= 11 is 0. The van der Waals surface area contributed by atoms with Crippen molar-refractivity contribution in [3.05, 3.63) is 0 Å². The van der Waals surface area contributed by atoms with Gasteiger partial charge >= 0.3 is 0 Å². The smallest absolute Gasteiger partial charge is 0.0136 e. The molecular weight excluding hydrogens is 208 g/mol. The van der Waals surface area contributed by atoms with Crippen LogP contribution in [0, 0.1) is 5.92 Å². The van der Waals surface area contributed by atoms with Crippen LogP contribution in [-0.4, -0.2) is 36.6 Å². The van der Waals surface area contributed by atoms with Crippen LogP contribution >= 0.6 is 0 Å². The first-order chi connectivity index (χ1) is 8.27. The number of hydrogen-bond donors (Lipinski definition) is 1. The molecule has 2 atom stereocenters. The summed E-state index contributed by atoms with van der Waals surface area (Å²) in [6.07, 6.45) is 10.1. The van der Waals surface area contributed by atoms with Crippen molar-refractivity contribution in [2.45, 2.75) is 70.9 Å². The van der Waals surface area contributed by atoms with Crippen LogP contribution in [0.2, 0.25) is 0 Å². The minimum Gasteiger partial charge on any atom is -0.314 e. The van der Waals surface area contributed by atoms with Crippen molar-refractivity contribution >= 4 is 0 Å². The molecule has 0 amide bonds. The van der Waals surface area contributed by atoms with Crippen LogP contribution in [0.1, 0.15) is 58.8 Å². The van der Waals surface area contributed by atoms with E-state index in [-0.39, 0.29) is 0 Å². The fourth-order valence-corrected chi connectivity index (χ4v) is 3.26. The van der Waals surface area contributed by atoms with Crippen molar-refractivity contribution < 1.29 is 0 Å². The van der Waals surface area contributed by atoms with Gasteiger partial charge in [-0.15, -0.1) is 0 Å². The Balaban J connectivity index is 1.75. The summed E-state index contributed by atoms with van der Waals surface area (Å²) < 4.78 is 0. The lowest BCUT2D eigenvalue weighted by atomic mass is 9.78. The van der Waals surface area contributed by atoms with E-state index >= 15 is 0 Å². The van der Waals surface area contributed by atoms with E-state index in [0.717, 1.165) is 12.0 Å². The first-order valence-electron chi connectivity index (χ1n) is 7.75. The third-order valence-corrected chi connectivity index (χ3v) is 4.53. The molecule has 1 saturated carbocycles. The van der Waals surface area contributed by atoms with E-state index in [4.69, 9.17) is 0 Å². The highest BCUT2D eigenvalue weighted by atomic mass is 15.2. The Hall–Kier alpha value is -0.0800. The zero-order valence-corrected chi connectivity index (χ0v) is 11.8. The first-order valence-corrected chi connectivity index (χ1v) is 7.75. The summed E-state index contributed by atoms with van der Waals surface area (Å²) in [5.41, 5.74) is 0. The number of hydrogen-bond acceptors (Lipinski definition) is 2. The third-order valence-electron chi connectivity index (χ3n) is 4.53. The average molecular weight is 238 g/mol. The molecule has 0 aromatic rings. The summed E-state index contributed by atoms with van der Waals surface area (Å²) in [5.74, 6) is 0.928. The molecule has 2 nitrogen and oxygen atoms in total. The SMILES string of the molecule is CC(C)NCC1CCC1N1CCCCCCC1. The molecule has 0 bridgehead atoms. The Kier molecular flexibility index (Phi) is 5.30. The highest BCUT2D eigenvalue weighted by Crippen LogP contribution is 2.32. The quantitative estimate of drug-likeness (QED) is 0.810. The van der Waals surface area contributed by atoms with E-state index in [0.29, 0.717) is 6.04 Å². The van der Waals surface area contributed by atoms with Crippen molar-refractivity contribution in [3.8, 4) is 0 Å². The molecule has 2 unspecified atom stereocenters. The fraction of sp³-hybridized carbons (Fsp3) is 1.00. The van der Waals surface area contributed by atoms with Crippen molar-refractivity contribution in [3.63, 3.8) is 0 Å². The van der Waals surface area contributed by atoms with Crippen LogP contribution in [0.25, 0.3) is 0 Å². The predicted octanol–water partition coefficient (Wildman–Crippen LogP) is 3.03. The Morgan fingerprint density at radius 2 is 1.65 bits per heavy atom. The van der Waals surface area contributed by atoms with Crippen molar-refractivity contribution in [1.82, 2.24) is 10.2 Å². The zero-order valence-electron chi connectivity index (χ0n) is 11.8. The zero-order chi connectivity index (χ0) is 12.1. The predicted molar refractivity (Wildman–Crippen MR) is 74.3 cm³/mol. The second-order valence-electron chi connectivity index (χ2n) is 6.27. The van der Waals surface area contributed by atoms with Crippen LogP contribution in [0.15, 0.2) is 0 Å². The molecule has 1 N–H and O–H groups in total. The van der Waals surface area contributed by atoms with Crippen LogP contribution in [0.5, 0.6) is 0 Å². The van der Waals surface area contributed by atoms with Crippen LogP contribution in [0.3, 0.4) is 0 Å². The molecule has 0 aromatic carbocycles. The molecule has 2 rings (SSSR count). The van der Waals surface area contributed by atoms with Gasteiger partial charge in [0.25, 0.3) is 0 Å². The van der Waals surface area contributed by atoms with Gasteiger partial charge in [0, 0.05) is 12.1 Å². The van der Waals surface area contributed by atoms with Gasteiger partial charge in [0.2, 0.25) is 0 Å². The van der Waals surface area contributed by atoms with Crippen LogP contribution in [-0.2, 0) is 0 Å². The molecule has 1 saturated heterocycles. The van der Waals surface area contributed by atoms with Crippen LogP contribution in [0.4, 0.5) is 0 Å². The van der Waals surface area contributed by atoms with Crippen molar-refractivity contribution in [2.24, 2.45) is 5.92 Å². The lowest BCUT2D eigenvalue weighted by Crippen LogP contribution is -2.51. The Morgan fingerprint density at radius 1 is 1.00 bits per heavy atom. The van der Waals surface area contributed by atoms with Crippen molar-refractivity contribution in [1.29, 1.82) is 0 Å². The number of rotatable bonds is 4. The standard InChI is InChI=1S/C15H30N2/c1-13(2)16-12-14-8-9-15(14)17-10-6-4-3-5-7-11-17/h13-16H,3-12H2,1-2H3. The molecule has 0 radical (unpaired) electrons. The van der Waals surface area contributed by atoms with E-state index in [1.54, 1.807) is 0 Å². The Bertz CT molecular complexity index is 207. The van der Waals surface area contributed by atoms with Crippen molar-refractivity contribution in [2.75, 3.05) is 19.6 Å². The lowest BCUT2D eigenvalue weighted by Gasteiger charge is -2.45. The van der Waals surface area contributed by atoms with Gasteiger partial charge in [-0.25, -0.2) is 0 Å². The van der Waals surface area contributed by atoms with Gasteiger partial charge in [-0.1, -0.05) is 33.1 Å². The summed E-state index contributed by atoms with van der Waals surface area (Å²) in [6, 6.07) is 1.54. The van der Waals surface area contributed by atoms with E-state index in [2.05, 4.69) is 24.1 Å². The molecule has 2 heteroatoms. The molecule has 2 aliphatic rings. The maximum absolute atomic E-state index is 3.62. The van der Waals surface area contributed by atoms with Gasteiger partial charge in [-0.3, -0.25) is 0 Å². The summed E-state index contributed by atoms with van der Waals surface area (Å²) in [7, 11) is 0. The van der Waals surface area contributed by atoms with Gasteiger partial charge in [0.15, 0.2) is 0 Å². The summed E-state index contributed by atoms with van der Waals surface area (Å²) in [4.78, 5) is 2.80. The van der Waals surface area contributed by atoms with Gasteiger partial charge in [-0.05, 0) is 51.2 Å².